The van der Waals surface area contributed by atoms with Crippen molar-refractivity contribution in [1.29, 1.82) is 0 Å². The SMILES string of the molecule is CCN1c2ccccc2N[C@@H]2[C@H]1[C@H](C(C)=O)C(=O)N2c1ccccn1. The van der Waals surface area contributed by atoms with Gasteiger partial charge >= 0.3 is 0 Å². The maximum absolute atomic E-state index is 13.1. The fourth-order valence-electron chi connectivity index (χ4n) is 3.98. The van der Waals surface area contributed by atoms with Crippen molar-refractivity contribution in [2.45, 2.75) is 26.1 Å². The van der Waals surface area contributed by atoms with Crippen molar-refractivity contribution in [3.05, 3.63) is 48.7 Å². The van der Waals surface area contributed by atoms with Gasteiger partial charge in [-0.3, -0.25) is 14.5 Å². The number of aromatic nitrogens is 1. The van der Waals surface area contributed by atoms with Crippen LogP contribution in [-0.2, 0) is 9.59 Å². The van der Waals surface area contributed by atoms with E-state index in [2.05, 4.69) is 15.2 Å². The van der Waals surface area contributed by atoms with Gasteiger partial charge in [0.2, 0.25) is 5.91 Å². The van der Waals surface area contributed by atoms with Crippen LogP contribution in [-0.4, -0.2) is 35.4 Å². The van der Waals surface area contributed by atoms with E-state index in [-0.39, 0.29) is 23.9 Å². The van der Waals surface area contributed by atoms with Crippen LogP contribution in [0.4, 0.5) is 17.2 Å². The van der Waals surface area contributed by atoms with Crippen LogP contribution in [0.15, 0.2) is 48.7 Å². The van der Waals surface area contributed by atoms with Gasteiger partial charge in [0.25, 0.3) is 0 Å². The number of nitrogens with one attached hydrogen (secondary N) is 1. The van der Waals surface area contributed by atoms with Crippen LogP contribution >= 0.6 is 0 Å². The largest absolute Gasteiger partial charge is 0.362 e. The third kappa shape index (κ3) is 2.28. The minimum absolute atomic E-state index is 0.113. The van der Waals surface area contributed by atoms with Crippen LogP contribution in [0, 0.1) is 5.92 Å². The van der Waals surface area contributed by atoms with Gasteiger partial charge in [-0.2, -0.15) is 0 Å². The van der Waals surface area contributed by atoms with Gasteiger partial charge in [0.1, 0.15) is 23.7 Å². The number of nitrogens with zero attached hydrogens (tertiary/aromatic N) is 3. The fraction of sp³-hybridized carbons (Fsp3) is 0.316. The summed E-state index contributed by atoms with van der Waals surface area (Å²) in [5, 5.41) is 3.46. The zero-order valence-electron chi connectivity index (χ0n) is 14.2. The number of amides is 1. The number of rotatable bonds is 3. The first-order valence-electron chi connectivity index (χ1n) is 8.50. The van der Waals surface area contributed by atoms with E-state index in [1.165, 1.54) is 6.92 Å². The highest BCUT2D eigenvalue weighted by Crippen LogP contribution is 2.42. The van der Waals surface area contributed by atoms with Gasteiger partial charge in [0.05, 0.1) is 17.4 Å². The van der Waals surface area contributed by atoms with E-state index < -0.39 is 5.92 Å². The molecular formula is C19H20N4O2. The average molecular weight is 336 g/mol. The molecule has 1 aromatic carbocycles. The van der Waals surface area contributed by atoms with Crippen LogP contribution in [0.3, 0.4) is 0 Å². The van der Waals surface area contributed by atoms with E-state index in [1.54, 1.807) is 17.2 Å². The highest BCUT2D eigenvalue weighted by atomic mass is 16.2. The molecule has 1 saturated heterocycles. The summed E-state index contributed by atoms with van der Waals surface area (Å²) in [4.78, 5) is 33.6. The molecule has 6 nitrogen and oxygen atoms in total. The molecule has 2 aliphatic rings. The molecule has 0 unspecified atom stereocenters. The molecule has 1 fully saturated rings. The summed E-state index contributed by atoms with van der Waals surface area (Å²) in [7, 11) is 0. The molecule has 3 atom stereocenters. The maximum atomic E-state index is 13.1. The van der Waals surface area contributed by atoms with Gasteiger partial charge in [-0.05, 0) is 38.1 Å². The summed E-state index contributed by atoms with van der Waals surface area (Å²) in [6.07, 6.45) is 1.33. The summed E-state index contributed by atoms with van der Waals surface area (Å²) in [5.41, 5.74) is 1.98. The molecule has 1 N–H and O–H groups in total. The van der Waals surface area contributed by atoms with Gasteiger partial charge in [-0.25, -0.2) is 4.98 Å². The molecule has 0 aliphatic carbocycles. The summed E-state index contributed by atoms with van der Waals surface area (Å²) in [6, 6.07) is 13.2. The molecule has 2 aliphatic heterocycles. The Kier molecular flexibility index (Phi) is 3.67. The van der Waals surface area contributed by atoms with Crippen molar-refractivity contribution in [2.75, 3.05) is 21.7 Å². The molecule has 2 aromatic rings. The Hall–Kier alpha value is -2.89. The summed E-state index contributed by atoms with van der Waals surface area (Å²) < 4.78 is 0. The number of Topliss-reactive ketones (excluding diaryl/α,β-unsaturated/α-hetero) is 1. The zero-order valence-corrected chi connectivity index (χ0v) is 14.2. The highest BCUT2D eigenvalue weighted by molar-refractivity contribution is 6.12. The van der Waals surface area contributed by atoms with Crippen LogP contribution in [0.25, 0.3) is 0 Å². The minimum atomic E-state index is -0.701. The number of hydrogen-bond acceptors (Lipinski definition) is 5. The van der Waals surface area contributed by atoms with Crippen molar-refractivity contribution in [2.24, 2.45) is 5.92 Å². The third-order valence-electron chi connectivity index (χ3n) is 5.00. The van der Waals surface area contributed by atoms with Crippen LogP contribution in [0.5, 0.6) is 0 Å². The molecule has 6 heteroatoms. The number of carbonyl (C=O) groups excluding carboxylic acids is 2. The Bertz CT molecular complexity index is 823. The second kappa shape index (κ2) is 5.88. The smallest absolute Gasteiger partial charge is 0.242 e. The molecular weight excluding hydrogens is 316 g/mol. The first-order chi connectivity index (χ1) is 12.1. The number of ketones is 1. The van der Waals surface area contributed by atoms with E-state index in [9.17, 15) is 9.59 Å². The average Bonchev–Trinajstić information content (AvgIpc) is 2.92. The number of hydrogen-bond donors (Lipinski definition) is 1. The van der Waals surface area contributed by atoms with Crippen LogP contribution in [0.1, 0.15) is 13.8 Å². The predicted molar refractivity (Wildman–Crippen MR) is 96.6 cm³/mol. The first kappa shape index (κ1) is 15.6. The Morgan fingerprint density at radius 2 is 1.96 bits per heavy atom. The standard InChI is InChI=1S/C19H20N4O2/c1-3-22-14-9-5-4-8-13(14)21-18-17(22)16(12(2)24)19(25)23(18)15-10-6-7-11-20-15/h4-11,16-18,21H,3H2,1-2H3/t16-,17+,18-/m0/s1. The van der Waals surface area contributed by atoms with Crippen molar-refractivity contribution >= 4 is 28.9 Å². The number of likely N-dealkylation sites (N-methyl/N-ethyl adjacent to an activating group) is 1. The highest BCUT2D eigenvalue weighted by Gasteiger charge is 2.55. The van der Waals surface area contributed by atoms with E-state index in [1.807, 2.05) is 43.3 Å². The number of carbonyl (C=O) groups is 2. The third-order valence-corrected chi connectivity index (χ3v) is 5.00. The molecule has 0 bridgehead atoms. The topological polar surface area (TPSA) is 65.5 Å². The monoisotopic (exact) mass is 336 g/mol. The lowest BCUT2D eigenvalue weighted by molar-refractivity contribution is -0.129. The molecule has 4 rings (SSSR count). The molecule has 1 amide bonds. The van der Waals surface area contributed by atoms with E-state index in [0.717, 1.165) is 11.4 Å². The van der Waals surface area contributed by atoms with Crippen molar-refractivity contribution in [3.63, 3.8) is 0 Å². The van der Waals surface area contributed by atoms with E-state index in [4.69, 9.17) is 0 Å². The molecule has 128 valence electrons. The Morgan fingerprint density at radius 3 is 2.64 bits per heavy atom. The molecule has 3 heterocycles. The Balaban J connectivity index is 1.86. The molecule has 0 spiro atoms. The van der Waals surface area contributed by atoms with E-state index >= 15 is 0 Å². The van der Waals surface area contributed by atoms with Gasteiger partial charge in [0, 0.05) is 12.7 Å². The van der Waals surface area contributed by atoms with Gasteiger partial charge in [0.15, 0.2) is 0 Å². The Labute approximate surface area is 146 Å². The quantitative estimate of drug-likeness (QED) is 0.871. The molecule has 25 heavy (non-hydrogen) atoms. The number of para-hydroxylation sites is 2. The predicted octanol–water partition coefficient (Wildman–Crippen LogP) is 2.28. The normalized spacial score (nSPS) is 24.6. The minimum Gasteiger partial charge on any atom is -0.362 e. The summed E-state index contributed by atoms with van der Waals surface area (Å²) >= 11 is 0. The van der Waals surface area contributed by atoms with Gasteiger partial charge in [-0.1, -0.05) is 18.2 Å². The molecule has 0 saturated carbocycles. The number of pyridine rings is 1. The first-order valence-corrected chi connectivity index (χ1v) is 8.50. The van der Waals surface area contributed by atoms with Crippen LogP contribution < -0.4 is 15.1 Å². The lowest BCUT2D eigenvalue weighted by Gasteiger charge is -2.43. The van der Waals surface area contributed by atoms with Crippen LogP contribution in [0.2, 0.25) is 0 Å². The van der Waals surface area contributed by atoms with Gasteiger partial charge < -0.3 is 10.2 Å². The molecule has 1 aromatic heterocycles. The fourth-order valence-corrected chi connectivity index (χ4v) is 3.98. The van der Waals surface area contributed by atoms with E-state index in [0.29, 0.717) is 12.4 Å². The zero-order chi connectivity index (χ0) is 17.6. The lowest BCUT2D eigenvalue weighted by Crippen LogP contribution is -2.55. The summed E-state index contributed by atoms with van der Waals surface area (Å²) in [6.45, 7) is 4.26. The summed E-state index contributed by atoms with van der Waals surface area (Å²) in [5.74, 6) is -0.444. The van der Waals surface area contributed by atoms with Crippen molar-refractivity contribution in [1.82, 2.24) is 4.98 Å². The second-order valence-corrected chi connectivity index (χ2v) is 6.37. The number of fused-ring (bicyclic) bond motifs is 2. The van der Waals surface area contributed by atoms with Crippen molar-refractivity contribution in [3.8, 4) is 0 Å². The maximum Gasteiger partial charge on any atom is 0.242 e. The number of benzene rings is 1. The molecule has 0 radical (unpaired) electrons. The van der Waals surface area contributed by atoms with Gasteiger partial charge in [-0.15, -0.1) is 0 Å². The number of anilines is 3. The lowest BCUT2D eigenvalue weighted by atomic mass is 9.93. The Morgan fingerprint density at radius 1 is 1.20 bits per heavy atom. The second-order valence-electron chi connectivity index (χ2n) is 6.37. The van der Waals surface area contributed by atoms with Crippen molar-refractivity contribution < 1.29 is 9.59 Å².